The molecular formula is C7H13F2NO. The number of rotatable bonds is 3. The summed E-state index contributed by atoms with van der Waals surface area (Å²) in [4.78, 5) is 10.6. The maximum absolute atomic E-state index is 12.4. The highest BCUT2D eigenvalue weighted by atomic mass is 19.3. The van der Waals surface area contributed by atoms with Crippen LogP contribution >= 0.6 is 0 Å². The van der Waals surface area contributed by atoms with Gasteiger partial charge in [-0.2, -0.15) is 0 Å². The highest BCUT2D eigenvalue weighted by molar-refractivity contribution is 5.75. The molecule has 1 unspecified atom stereocenters. The summed E-state index contributed by atoms with van der Waals surface area (Å²) in [7, 11) is 0. The highest BCUT2D eigenvalue weighted by Gasteiger charge is 2.30. The van der Waals surface area contributed by atoms with Crippen LogP contribution in [0.15, 0.2) is 0 Å². The van der Waals surface area contributed by atoms with Crippen LogP contribution in [0.3, 0.4) is 0 Å². The number of hydrogen-bond donors (Lipinski definition) is 1. The number of carbonyl (C=O) groups excluding carboxylic acids is 1. The number of carbonyl (C=O) groups is 1. The number of alkyl halides is 2. The summed E-state index contributed by atoms with van der Waals surface area (Å²) in [6.45, 7) is 3.69. The van der Waals surface area contributed by atoms with Gasteiger partial charge in [-0.3, -0.25) is 4.79 Å². The van der Waals surface area contributed by atoms with Crippen LogP contribution in [0.1, 0.15) is 27.2 Å². The van der Waals surface area contributed by atoms with Crippen LogP contribution in [-0.4, -0.2) is 17.9 Å². The first-order valence-electron chi connectivity index (χ1n) is 3.55. The maximum Gasteiger partial charge on any atom is 0.264 e. The third-order valence-corrected chi connectivity index (χ3v) is 1.46. The van der Waals surface area contributed by atoms with Crippen LogP contribution in [0, 0.1) is 0 Å². The molecule has 0 aromatic rings. The molecular weight excluding hydrogens is 152 g/mol. The summed E-state index contributed by atoms with van der Waals surface area (Å²) in [5.74, 6) is -3.19. The molecule has 0 aliphatic rings. The Morgan fingerprint density at radius 2 is 2.09 bits per heavy atom. The molecule has 0 saturated carbocycles. The summed E-state index contributed by atoms with van der Waals surface area (Å²) in [6, 6.07) is -1.09. The van der Waals surface area contributed by atoms with E-state index < -0.39 is 12.0 Å². The third kappa shape index (κ3) is 3.91. The minimum absolute atomic E-state index is 0.237. The average molecular weight is 165 g/mol. The first-order valence-corrected chi connectivity index (χ1v) is 3.55. The molecule has 2 nitrogen and oxygen atoms in total. The van der Waals surface area contributed by atoms with Gasteiger partial charge in [0, 0.05) is 13.3 Å². The Morgan fingerprint density at radius 1 is 1.64 bits per heavy atom. The molecule has 0 aliphatic heterocycles. The summed E-state index contributed by atoms with van der Waals surface area (Å²) in [5, 5.41) is 2.18. The first-order chi connectivity index (χ1) is 4.88. The molecule has 0 heterocycles. The number of halogens is 2. The van der Waals surface area contributed by atoms with E-state index in [-0.39, 0.29) is 12.3 Å². The lowest BCUT2D eigenvalue weighted by Crippen LogP contribution is -2.43. The van der Waals surface area contributed by atoms with Crippen molar-refractivity contribution in [2.75, 3.05) is 0 Å². The number of nitrogens with one attached hydrogen (secondary N) is 1. The average Bonchev–Trinajstić information content (AvgIpc) is 1.85. The second kappa shape index (κ2) is 3.64. The van der Waals surface area contributed by atoms with Gasteiger partial charge in [0.25, 0.3) is 5.92 Å². The van der Waals surface area contributed by atoms with E-state index in [0.717, 1.165) is 6.92 Å². The fraction of sp³-hybridized carbons (Fsp3) is 0.857. The SMILES string of the molecule is CCC(=O)NC(C)C(C)(F)F. The van der Waals surface area contributed by atoms with Gasteiger partial charge in [0.1, 0.15) is 0 Å². The quantitative estimate of drug-likeness (QED) is 0.675. The van der Waals surface area contributed by atoms with Crippen LogP contribution in [0.4, 0.5) is 8.78 Å². The second-order valence-corrected chi connectivity index (χ2v) is 2.60. The van der Waals surface area contributed by atoms with Crippen LogP contribution < -0.4 is 5.32 Å². The van der Waals surface area contributed by atoms with Gasteiger partial charge in [-0.15, -0.1) is 0 Å². The molecule has 0 fully saturated rings. The Hall–Kier alpha value is -0.670. The summed E-state index contributed by atoms with van der Waals surface area (Å²) in [6.07, 6.45) is 0.237. The van der Waals surface area contributed by atoms with E-state index in [9.17, 15) is 13.6 Å². The standard InChI is InChI=1S/C7H13F2NO/c1-4-6(11)10-5(2)7(3,8)9/h5H,4H2,1-3H3,(H,10,11). The molecule has 0 aromatic heterocycles. The Balaban J connectivity index is 3.87. The normalized spacial score (nSPS) is 14.3. The van der Waals surface area contributed by atoms with Crippen molar-refractivity contribution >= 4 is 5.91 Å². The van der Waals surface area contributed by atoms with Gasteiger partial charge in [0.05, 0.1) is 6.04 Å². The number of amides is 1. The Labute approximate surface area is 65.0 Å². The molecule has 1 amide bonds. The zero-order valence-electron chi connectivity index (χ0n) is 6.95. The van der Waals surface area contributed by atoms with Crippen molar-refractivity contribution < 1.29 is 13.6 Å². The molecule has 0 aromatic carbocycles. The van der Waals surface area contributed by atoms with Crippen molar-refractivity contribution in [2.24, 2.45) is 0 Å². The lowest BCUT2D eigenvalue weighted by molar-refractivity contribution is -0.124. The van der Waals surface area contributed by atoms with Crippen LogP contribution in [0.5, 0.6) is 0 Å². The number of hydrogen-bond acceptors (Lipinski definition) is 1. The molecule has 4 heteroatoms. The predicted octanol–water partition coefficient (Wildman–Crippen LogP) is 1.56. The van der Waals surface area contributed by atoms with E-state index in [2.05, 4.69) is 5.32 Å². The van der Waals surface area contributed by atoms with Crippen molar-refractivity contribution in [2.45, 2.75) is 39.2 Å². The van der Waals surface area contributed by atoms with Crippen molar-refractivity contribution in [1.29, 1.82) is 0 Å². The zero-order chi connectivity index (χ0) is 9.07. The van der Waals surface area contributed by atoms with Crippen LogP contribution in [-0.2, 0) is 4.79 Å². The molecule has 1 N–H and O–H groups in total. The molecule has 1 atom stereocenters. The van der Waals surface area contributed by atoms with E-state index in [1.807, 2.05) is 0 Å². The van der Waals surface area contributed by atoms with Gasteiger partial charge in [-0.1, -0.05) is 6.92 Å². The minimum Gasteiger partial charge on any atom is -0.348 e. The summed E-state index contributed by atoms with van der Waals surface area (Å²) in [5.41, 5.74) is 0. The van der Waals surface area contributed by atoms with Gasteiger partial charge in [-0.25, -0.2) is 8.78 Å². The van der Waals surface area contributed by atoms with Crippen molar-refractivity contribution in [3.8, 4) is 0 Å². The van der Waals surface area contributed by atoms with Crippen molar-refractivity contribution in [3.63, 3.8) is 0 Å². The lowest BCUT2D eigenvalue weighted by atomic mass is 10.2. The van der Waals surface area contributed by atoms with E-state index in [1.54, 1.807) is 6.92 Å². The first kappa shape index (κ1) is 10.3. The Kier molecular flexibility index (Phi) is 3.42. The van der Waals surface area contributed by atoms with E-state index in [4.69, 9.17) is 0 Å². The van der Waals surface area contributed by atoms with E-state index >= 15 is 0 Å². The largest absolute Gasteiger partial charge is 0.348 e. The van der Waals surface area contributed by atoms with Gasteiger partial charge in [-0.05, 0) is 6.92 Å². The van der Waals surface area contributed by atoms with Crippen molar-refractivity contribution in [3.05, 3.63) is 0 Å². The fourth-order valence-corrected chi connectivity index (χ4v) is 0.470. The van der Waals surface area contributed by atoms with E-state index in [0.29, 0.717) is 0 Å². The van der Waals surface area contributed by atoms with E-state index in [1.165, 1.54) is 6.92 Å². The molecule has 11 heavy (non-hydrogen) atoms. The third-order valence-electron chi connectivity index (χ3n) is 1.46. The summed E-state index contributed by atoms with van der Waals surface area (Å²) >= 11 is 0. The summed E-state index contributed by atoms with van der Waals surface area (Å²) < 4.78 is 24.8. The predicted molar refractivity (Wildman–Crippen MR) is 38.5 cm³/mol. The topological polar surface area (TPSA) is 29.1 Å². The van der Waals surface area contributed by atoms with Crippen molar-refractivity contribution in [1.82, 2.24) is 5.32 Å². The smallest absolute Gasteiger partial charge is 0.264 e. The molecule has 0 saturated heterocycles. The van der Waals surface area contributed by atoms with Gasteiger partial charge >= 0.3 is 0 Å². The Bertz CT molecular complexity index is 142. The minimum atomic E-state index is -2.84. The molecule has 0 aliphatic carbocycles. The Morgan fingerprint density at radius 3 is 2.36 bits per heavy atom. The lowest BCUT2D eigenvalue weighted by Gasteiger charge is -2.19. The zero-order valence-corrected chi connectivity index (χ0v) is 6.95. The fourth-order valence-electron chi connectivity index (χ4n) is 0.470. The molecule has 66 valence electrons. The molecule has 0 rings (SSSR count). The molecule has 0 bridgehead atoms. The molecule has 0 spiro atoms. The monoisotopic (exact) mass is 165 g/mol. The van der Waals surface area contributed by atoms with Gasteiger partial charge < -0.3 is 5.32 Å². The van der Waals surface area contributed by atoms with Crippen LogP contribution in [0.2, 0.25) is 0 Å². The van der Waals surface area contributed by atoms with Gasteiger partial charge in [0.15, 0.2) is 0 Å². The van der Waals surface area contributed by atoms with Gasteiger partial charge in [0.2, 0.25) is 5.91 Å². The highest BCUT2D eigenvalue weighted by Crippen LogP contribution is 2.16. The van der Waals surface area contributed by atoms with Crippen LogP contribution in [0.25, 0.3) is 0 Å². The maximum atomic E-state index is 12.4. The molecule has 0 radical (unpaired) electrons. The second-order valence-electron chi connectivity index (χ2n) is 2.60.